The lowest BCUT2D eigenvalue weighted by atomic mass is 10.2. The number of carbonyl (C=O) groups is 1. The molecule has 0 atom stereocenters. The third-order valence-corrected chi connectivity index (χ3v) is 4.87. The standard InChI is InChI=1S/C17H28N8O/c1-22(10-7-15-11-18-23(2)12-15)17(26)14-25-16(19-20-21-25)13-24-8-5-3-4-6-9-24/h11-12H,3-10,13-14H2,1-2H3. The van der Waals surface area contributed by atoms with Gasteiger partial charge in [-0.2, -0.15) is 5.10 Å². The van der Waals surface area contributed by atoms with Gasteiger partial charge in [0.15, 0.2) is 5.82 Å². The number of hydrogen-bond acceptors (Lipinski definition) is 6. The molecule has 0 aromatic carbocycles. The Morgan fingerprint density at radius 3 is 2.69 bits per heavy atom. The van der Waals surface area contributed by atoms with Gasteiger partial charge >= 0.3 is 0 Å². The van der Waals surface area contributed by atoms with E-state index in [1.54, 1.807) is 14.3 Å². The van der Waals surface area contributed by atoms with Crippen molar-refractivity contribution in [3.63, 3.8) is 0 Å². The van der Waals surface area contributed by atoms with E-state index < -0.39 is 0 Å². The first-order chi connectivity index (χ1) is 12.6. The largest absolute Gasteiger partial charge is 0.344 e. The summed E-state index contributed by atoms with van der Waals surface area (Å²) in [6, 6.07) is 0. The molecule has 1 aliphatic heterocycles. The van der Waals surface area contributed by atoms with Gasteiger partial charge in [0.1, 0.15) is 6.54 Å². The van der Waals surface area contributed by atoms with E-state index in [0.717, 1.165) is 30.9 Å². The molecule has 1 fully saturated rings. The first kappa shape index (κ1) is 18.5. The zero-order valence-electron chi connectivity index (χ0n) is 15.7. The van der Waals surface area contributed by atoms with Crippen LogP contribution in [0.15, 0.2) is 12.4 Å². The summed E-state index contributed by atoms with van der Waals surface area (Å²) in [4.78, 5) is 16.6. The highest BCUT2D eigenvalue weighted by Crippen LogP contribution is 2.12. The van der Waals surface area contributed by atoms with Crippen molar-refractivity contribution in [2.24, 2.45) is 7.05 Å². The van der Waals surface area contributed by atoms with E-state index >= 15 is 0 Å². The molecule has 0 aliphatic carbocycles. The Bertz CT molecular complexity index is 701. The minimum Gasteiger partial charge on any atom is -0.344 e. The van der Waals surface area contributed by atoms with Gasteiger partial charge in [-0.3, -0.25) is 14.4 Å². The fourth-order valence-corrected chi connectivity index (χ4v) is 3.22. The molecule has 1 amide bonds. The molecule has 3 rings (SSSR count). The van der Waals surface area contributed by atoms with Crippen LogP contribution in [0.25, 0.3) is 0 Å². The number of aryl methyl sites for hydroxylation is 1. The summed E-state index contributed by atoms with van der Waals surface area (Å²) in [6.45, 7) is 3.69. The van der Waals surface area contributed by atoms with Crippen LogP contribution in [0.2, 0.25) is 0 Å². The fraction of sp³-hybridized carbons (Fsp3) is 0.706. The summed E-state index contributed by atoms with van der Waals surface area (Å²) in [7, 11) is 3.71. The summed E-state index contributed by atoms with van der Waals surface area (Å²) < 4.78 is 3.40. The molecule has 9 nitrogen and oxygen atoms in total. The van der Waals surface area contributed by atoms with Gasteiger partial charge in [-0.15, -0.1) is 5.10 Å². The summed E-state index contributed by atoms with van der Waals surface area (Å²) in [5, 5.41) is 16.1. The molecule has 142 valence electrons. The maximum atomic E-state index is 12.5. The van der Waals surface area contributed by atoms with Crippen molar-refractivity contribution in [3.8, 4) is 0 Å². The minimum atomic E-state index is 0.0123. The van der Waals surface area contributed by atoms with Crippen LogP contribution in [0, 0.1) is 0 Å². The van der Waals surface area contributed by atoms with Crippen molar-refractivity contribution in [2.75, 3.05) is 26.7 Å². The number of tetrazole rings is 1. The number of rotatable bonds is 7. The number of nitrogens with zero attached hydrogens (tertiary/aromatic N) is 8. The Morgan fingerprint density at radius 1 is 1.23 bits per heavy atom. The number of amides is 1. The van der Waals surface area contributed by atoms with Gasteiger partial charge in [-0.05, 0) is 48.3 Å². The minimum absolute atomic E-state index is 0.0123. The average Bonchev–Trinajstić information content (AvgIpc) is 3.14. The van der Waals surface area contributed by atoms with Gasteiger partial charge in [-0.25, -0.2) is 4.68 Å². The van der Waals surface area contributed by atoms with Crippen LogP contribution in [-0.4, -0.2) is 72.4 Å². The molecule has 26 heavy (non-hydrogen) atoms. The smallest absolute Gasteiger partial charge is 0.244 e. The predicted molar refractivity (Wildman–Crippen MR) is 96.1 cm³/mol. The van der Waals surface area contributed by atoms with Crippen LogP contribution in [0.4, 0.5) is 0 Å². The first-order valence-corrected chi connectivity index (χ1v) is 9.30. The number of likely N-dealkylation sites (tertiary alicyclic amines) is 1. The summed E-state index contributed by atoms with van der Waals surface area (Å²) in [5.41, 5.74) is 1.12. The number of aromatic nitrogens is 6. The lowest BCUT2D eigenvalue weighted by molar-refractivity contribution is -0.130. The molecule has 0 spiro atoms. The third-order valence-electron chi connectivity index (χ3n) is 4.87. The quantitative estimate of drug-likeness (QED) is 0.714. The molecule has 0 unspecified atom stereocenters. The van der Waals surface area contributed by atoms with Gasteiger partial charge in [0, 0.05) is 26.8 Å². The van der Waals surface area contributed by atoms with Gasteiger partial charge in [0.2, 0.25) is 5.91 Å². The normalized spacial score (nSPS) is 15.8. The van der Waals surface area contributed by atoms with Crippen LogP contribution < -0.4 is 0 Å². The van der Waals surface area contributed by atoms with Crippen LogP contribution in [0.3, 0.4) is 0 Å². The molecule has 2 aromatic heterocycles. The summed E-state index contributed by atoms with van der Waals surface area (Å²) in [5.74, 6) is 0.777. The molecule has 2 aromatic rings. The summed E-state index contributed by atoms with van der Waals surface area (Å²) >= 11 is 0. The van der Waals surface area contributed by atoms with Crippen molar-refractivity contribution >= 4 is 5.91 Å². The van der Waals surface area contributed by atoms with E-state index in [0.29, 0.717) is 13.1 Å². The Morgan fingerprint density at radius 2 is 2.00 bits per heavy atom. The molecule has 9 heteroatoms. The van der Waals surface area contributed by atoms with E-state index in [4.69, 9.17) is 0 Å². The number of likely N-dealkylation sites (N-methyl/N-ethyl adjacent to an activating group) is 1. The van der Waals surface area contributed by atoms with Crippen molar-refractivity contribution in [3.05, 3.63) is 23.8 Å². The van der Waals surface area contributed by atoms with Crippen molar-refractivity contribution in [1.82, 2.24) is 39.8 Å². The molecule has 0 radical (unpaired) electrons. The van der Waals surface area contributed by atoms with E-state index in [2.05, 4.69) is 25.5 Å². The van der Waals surface area contributed by atoms with Crippen LogP contribution in [-0.2, 0) is 31.4 Å². The maximum Gasteiger partial charge on any atom is 0.244 e. The number of hydrogen-bond donors (Lipinski definition) is 0. The Balaban J connectivity index is 1.51. The third kappa shape index (κ3) is 5.10. The lowest BCUT2D eigenvalue weighted by Crippen LogP contribution is -2.33. The Kier molecular flexibility index (Phi) is 6.32. The summed E-state index contributed by atoms with van der Waals surface area (Å²) in [6.07, 6.45) is 9.61. The highest BCUT2D eigenvalue weighted by atomic mass is 16.2. The van der Waals surface area contributed by atoms with E-state index in [1.165, 1.54) is 25.7 Å². The van der Waals surface area contributed by atoms with Gasteiger partial charge in [-0.1, -0.05) is 12.8 Å². The molecular formula is C17H28N8O. The monoisotopic (exact) mass is 360 g/mol. The molecule has 0 bridgehead atoms. The number of carbonyl (C=O) groups excluding carboxylic acids is 1. The molecule has 1 aliphatic rings. The van der Waals surface area contributed by atoms with Crippen LogP contribution in [0.1, 0.15) is 37.1 Å². The highest BCUT2D eigenvalue weighted by molar-refractivity contribution is 5.75. The second-order valence-corrected chi connectivity index (χ2v) is 7.03. The second-order valence-electron chi connectivity index (χ2n) is 7.03. The van der Waals surface area contributed by atoms with Gasteiger partial charge < -0.3 is 4.90 Å². The van der Waals surface area contributed by atoms with Crippen LogP contribution >= 0.6 is 0 Å². The van der Waals surface area contributed by atoms with Crippen molar-refractivity contribution < 1.29 is 4.79 Å². The predicted octanol–water partition coefficient (Wildman–Crippen LogP) is 0.484. The second kappa shape index (κ2) is 8.88. The maximum absolute atomic E-state index is 12.5. The van der Waals surface area contributed by atoms with Crippen molar-refractivity contribution in [1.29, 1.82) is 0 Å². The van der Waals surface area contributed by atoms with Gasteiger partial charge in [0.25, 0.3) is 0 Å². The topological polar surface area (TPSA) is 85.0 Å². The van der Waals surface area contributed by atoms with E-state index in [9.17, 15) is 4.79 Å². The molecular weight excluding hydrogens is 332 g/mol. The first-order valence-electron chi connectivity index (χ1n) is 9.30. The SMILES string of the molecule is CN(CCc1cnn(C)c1)C(=O)Cn1nnnc1CN1CCCCCC1. The zero-order valence-corrected chi connectivity index (χ0v) is 15.7. The molecule has 3 heterocycles. The zero-order chi connectivity index (χ0) is 18.4. The fourth-order valence-electron chi connectivity index (χ4n) is 3.22. The lowest BCUT2D eigenvalue weighted by Gasteiger charge is -2.20. The Hall–Kier alpha value is -2.29. The van der Waals surface area contributed by atoms with E-state index in [1.807, 2.05) is 26.5 Å². The molecule has 0 N–H and O–H groups in total. The van der Waals surface area contributed by atoms with Gasteiger partial charge in [0.05, 0.1) is 12.7 Å². The highest BCUT2D eigenvalue weighted by Gasteiger charge is 2.17. The van der Waals surface area contributed by atoms with Crippen LogP contribution in [0.5, 0.6) is 0 Å². The molecule has 1 saturated heterocycles. The Labute approximate surface area is 153 Å². The van der Waals surface area contributed by atoms with Crippen molar-refractivity contribution in [2.45, 2.75) is 45.2 Å². The average molecular weight is 360 g/mol. The molecule has 0 saturated carbocycles. The van der Waals surface area contributed by atoms with E-state index in [-0.39, 0.29) is 12.5 Å².